The van der Waals surface area contributed by atoms with Crippen LogP contribution in [0, 0.1) is 0 Å². The van der Waals surface area contributed by atoms with Gasteiger partial charge in [-0.05, 0) is 25.7 Å². The number of rotatable bonds is 72. The van der Waals surface area contributed by atoms with Gasteiger partial charge in [0.05, 0.1) is 25.4 Å². The smallest absolute Gasteiger partial charge is 0.305 e. The number of esters is 1. The molecule has 0 aliphatic heterocycles. The Morgan fingerprint density at radius 1 is 0.296 bits per heavy atom. The lowest BCUT2D eigenvalue weighted by Crippen LogP contribution is -2.45. The molecule has 0 saturated heterocycles. The van der Waals surface area contributed by atoms with Crippen LogP contribution in [0.3, 0.4) is 0 Å². The Bertz CT molecular complexity index is 1180. The Kier molecular flexibility index (Phi) is 70.3. The second-order valence-corrected chi connectivity index (χ2v) is 26.4. The average Bonchev–Trinajstić information content (AvgIpc) is 3.47. The molecule has 2 atom stereocenters. The summed E-state index contributed by atoms with van der Waals surface area (Å²) in [5, 5.41) is 23.5. The predicted octanol–water partition coefficient (Wildman–Crippen LogP) is 24.5. The predicted molar refractivity (Wildman–Crippen MR) is 357 cm³/mol. The van der Waals surface area contributed by atoms with Gasteiger partial charge in [0, 0.05) is 12.8 Å². The first-order chi connectivity index (χ1) is 40.0. The van der Waals surface area contributed by atoms with E-state index in [0.29, 0.717) is 25.9 Å². The highest BCUT2D eigenvalue weighted by Crippen LogP contribution is 2.20. The molecule has 6 nitrogen and oxygen atoms in total. The summed E-state index contributed by atoms with van der Waals surface area (Å²) in [6.45, 7) is 5.01. The molecule has 0 aromatic rings. The highest BCUT2D eigenvalue weighted by atomic mass is 16.5. The van der Waals surface area contributed by atoms with E-state index >= 15 is 0 Å². The number of aliphatic hydroxyl groups is 2. The van der Waals surface area contributed by atoms with Gasteiger partial charge in [-0.25, -0.2) is 0 Å². The summed E-state index contributed by atoms with van der Waals surface area (Å²) in [4.78, 5) is 24.7. The molecule has 484 valence electrons. The molecule has 0 radical (unpaired) electrons. The van der Waals surface area contributed by atoms with Crippen LogP contribution in [0.2, 0.25) is 0 Å². The molecule has 0 spiro atoms. The highest BCUT2D eigenvalue weighted by Gasteiger charge is 2.20. The fourth-order valence-corrected chi connectivity index (χ4v) is 12.4. The number of carbonyl (C=O) groups is 2. The van der Waals surface area contributed by atoms with Gasteiger partial charge in [-0.3, -0.25) is 9.59 Å². The molecule has 0 rings (SSSR count). The zero-order valence-corrected chi connectivity index (χ0v) is 55.6. The molecule has 0 heterocycles. The molecular weight excluding hydrogens is 995 g/mol. The molecule has 0 aromatic carbocycles. The van der Waals surface area contributed by atoms with Crippen molar-refractivity contribution in [1.82, 2.24) is 5.32 Å². The Morgan fingerprint density at radius 2 is 0.506 bits per heavy atom. The van der Waals surface area contributed by atoms with Crippen molar-refractivity contribution >= 4 is 11.9 Å². The highest BCUT2D eigenvalue weighted by molar-refractivity contribution is 5.76. The van der Waals surface area contributed by atoms with Gasteiger partial charge in [-0.2, -0.15) is 0 Å². The van der Waals surface area contributed by atoms with Crippen LogP contribution >= 0.6 is 0 Å². The van der Waals surface area contributed by atoms with E-state index in [1.807, 2.05) is 0 Å². The van der Waals surface area contributed by atoms with Gasteiger partial charge in [0.15, 0.2) is 0 Å². The number of hydrogen-bond acceptors (Lipinski definition) is 5. The molecule has 0 aliphatic carbocycles. The normalized spacial score (nSPS) is 12.4. The minimum absolute atomic E-state index is 0.0206. The number of unbranched alkanes of at least 4 members (excludes halogenated alkanes) is 61. The van der Waals surface area contributed by atoms with Gasteiger partial charge in [0.2, 0.25) is 5.91 Å². The van der Waals surface area contributed by atoms with E-state index in [-0.39, 0.29) is 18.5 Å². The number of ether oxygens (including phenoxy) is 1. The van der Waals surface area contributed by atoms with Gasteiger partial charge < -0.3 is 20.3 Å². The molecule has 2 unspecified atom stereocenters. The molecule has 0 fully saturated rings. The van der Waals surface area contributed by atoms with Crippen LogP contribution in [0.25, 0.3) is 0 Å². The SMILES string of the molecule is CCCCCCCCCCCCCCCCCCCCCCCCCC(O)C(CO)NC(=O)CCCCCCCCCCCCCCCCCCCCCCCCCOC(=O)CCCCCCCCCCCCCCCCCCCC. The monoisotopic (exact) mass is 1140 g/mol. The number of nitrogens with one attached hydrogen (secondary N) is 1. The molecule has 3 N–H and O–H groups in total. The lowest BCUT2D eigenvalue weighted by atomic mass is 10.0. The average molecular weight is 1150 g/mol. The van der Waals surface area contributed by atoms with Gasteiger partial charge in [0.25, 0.3) is 0 Å². The molecule has 0 aromatic heterocycles. The summed E-state index contributed by atoms with van der Waals surface area (Å²) in [7, 11) is 0. The maximum absolute atomic E-state index is 12.6. The van der Waals surface area contributed by atoms with E-state index in [4.69, 9.17) is 4.74 Å². The maximum Gasteiger partial charge on any atom is 0.305 e. The maximum atomic E-state index is 12.6. The van der Waals surface area contributed by atoms with Crippen molar-refractivity contribution in [3.63, 3.8) is 0 Å². The number of aliphatic hydroxyl groups excluding tert-OH is 2. The third-order valence-corrected chi connectivity index (χ3v) is 18.2. The molecule has 1 amide bonds. The first kappa shape index (κ1) is 79.9. The van der Waals surface area contributed by atoms with E-state index in [1.54, 1.807) is 0 Å². The Balaban J connectivity index is 3.35. The summed E-state index contributed by atoms with van der Waals surface area (Å²) >= 11 is 0. The molecular formula is C75H149NO5. The minimum Gasteiger partial charge on any atom is -0.466 e. The molecule has 0 bridgehead atoms. The van der Waals surface area contributed by atoms with Crippen molar-refractivity contribution in [2.24, 2.45) is 0 Å². The van der Waals surface area contributed by atoms with Gasteiger partial charge in [0.1, 0.15) is 0 Å². The van der Waals surface area contributed by atoms with Crippen molar-refractivity contribution < 1.29 is 24.5 Å². The van der Waals surface area contributed by atoms with Gasteiger partial charge in [-0.15, -0.1) is 0 Å². The lowest BCUT2D eigenvalue weighted by Gasteiger charge is -2.22. The van der Waals surface area contributed by atoms with Crippen molar-refractivity contribution in [2.75, 3.05) is 13.2 Å². The van der Waals surface area contributed by atoms with Crippen molar-refractivity contribution in [3.05, 3.63) is 0 Å². The number of amides is 1. The van der Waals surface area contributed by atoms with Crippen molar-refractivity contribution in [1.29, 1.82) is 0 Å². The van der Waals surface area contributed by atoms with Crippen LogP contribution in [0.15, 0.2) is 0 Å². The Morgan fingerprint density at radius 3 is 0.753 bits per heavy atom. The zero-order valence-electron chi connectivity index (χ0n) is 55.6. The quantitative estimate of drug-likeness (QED) is 0.0417. The molecule has 0 saturated carbocycles. The van der Waals surface area contributed by atoms with Crippen LogP contribution in [0.1, 0.15) is 444 Å². The second-order valence-electron chi connectivity index (χ2n) is 26.4. The Hall–Kier alpha value is -1.14. The third-order valence-electron chi connectivity index (χ3n) is 18.2. The minimum atomic E-state index is -0.664. The fraction of sp³-hybridized carbons (Fsp3) is 0.973. The summed E-state index contributed by atoms with van der Waals surface area (Å²) in [5.41, 5.74) is 0. The summed E-state index contributed by atoms with van der Waals surface area (Å²) in [6, 6.07) is -0.541. The lowest BCUT2D eigenvalue weighted by molar-refractivity contribution is -0.143. The van der Waals surface area contributed by atoms with Crippen LogP contribution in [0.4, 0.5) is 0 Å². The van der Waals surface area contributed by atoms with Crippen LogP contribution in [-0.2, 0) is 14.3 Å². The summed E-state index contributed by atoms with van der Waals surface area (Å²) in [6.07, 6.45) is 87.4. The van der Waals surface area contributed by atoms with Crippen LogP contribution < -0.4 is 5.32 Å². The van der Waals surface area contributed by atoms with E-state index in [1.165, 1.54) is 372 Å². The largest absolute Gasteiger partial charge is 0.466 e. The first-order valence-electron chi connectivity index (χ1n) is 37.8. The molecule has 0 aliphatic rings. The molecule has 6 heteroatoms. The zero-order chi connectivity index (χ0) is 58.5. The topological polar surface area (TPSA) is 95.9 Å². The number of carbonyl (C=O) groups excluding carboxylic acids is 2. The van der Waals surface area contributed by atoms with Crippen LogP contribution in [0.5, 0.6) is 0 Å². The van der Waals surface area contributed by atoms with E-state index in [0.717, 1.165) is 38.5 Å². The van der Waals surface area contributed by atoms with Gasteiger partial charge >= 0.3 is 5.97 Å². The third kappa shape index (κ3) is 67.9. The summed E-state index contributed by atoms with van der Waals surface area (Å²) < 4.78 is 5.51. The van der Waals surface area contributed by atoms with Crippen molar-refractivity contribution in [3.8, 4) is 0 Å². The van der Waals surface area contributed by atoms with Crippen molar-refractivity contribution in [2.45, 2.75) is 456 Å². The first-order valence-corrected chi connectivity index (χ1v) is 37.8. The van der Waals surface area contributed by atoms with Crippen LogP contribution in [-0.4, -0.2) is 47.4 Å². The second kappa shape index (κ2) is 71.3. The Labute approximate surface area is 508 Å². The standard InChI is InChI=1S/C75H149NO5/c1-3-5-7-9-11-13-15-17-19-21-23-24-26-29-32-35-39-43-47-51-55-59-63-67-73(78)72(71-77)76-74(79)68-64-60-56-52-48-44-40-36-33-30-27-25-28-31-34-38-42-46-50-54-58-62-66-70-81-75(80)69-65-61-57-53-49-45-41-37-22-20-18-16-14-12-10-8-6-4-2/h72-73,77-78H,3-71H2,1-2H3,(H,76,79). The van der Waals surface area contributed by atoms with E-state index < -0.39 is 12.1 Å². The van der Waals surface area contributed by atoms with E-state index in [2.05, 4.69) is 19.2 Å². The van der Waals surface area contributed by atoms with Gasteiger partial charge in [-0.1, -0.05) is 406 Å². The van der Waals surface area contributed by atoms with E-state index in [9.17, 15) is 19.8 Å². The number of hydrogen-bond donors (Lipinski definition) is 3. The summed E-state index contributed by atoms with van der Waals surface area (Å²) in [5.74, 6) is -0.00756. The fourth-order valence-electron chi connectivity index (χ4n) is 12.4. The molecule has 81 heavy (non-hydrogen) atoms.